The predicted octanol–water partition coefficient (Wildman–Crippen LogP) is 5.51. The van der Waals surface area contributed by atoms with Gasteiger partial charge in [0.05, 0.1) is 4.91 Å². The van der Waals surface area contributed by atoms with E-state index in [2.05, 4.69) is 23.7 Å². The predicted molar refractivity (Wildman–Crippen MR) is 130 cm³/mol. The molecule has 1 aliphatic heterocycles. The molecule has 2 heterocycles. The number of para-hydroxylation sites is 2. The number of anilines is 1. The molecular weight excluding hydrogens is 422 g/mol. The summed E-state index contributed by atoms with van der Waals surface area (Å²) in [7, 11) is 0. The molecule has 0 atom stereocenters. The molecule has 164 valence electrons. The van der Waals surface area contributed by atoms with E-state index in [4.69, 9.17) is 0 Å². The summed E-state index contributed by atoms with van der Waals surface area (Å²) < 4.78 is 2.14. The molecule has 4 rings (SSSR count). The van der Waals surface area contributed by atoms with E-state index in [1.165, 1.54) is 0 Å². The first kappa shape index (κ1) is 21.9. The molecule has 1 aromatic heterocycles. The van der Waals surface area contributed by atoms with E-state index in [0.29, 0.717) is 10.6 Å². The molecule has 1 aliphatic rings. The number of imide groups is 1. The van der Waals surface area contributed by atoms with E-state index >= 15 is 0 Å². The van der Waals surface area contributed by atoms with Crippen LogP contribution in [0, 0.1) is 13.8 Å². The number of fused-ring (bicyclic) bond motifs is 1. The highest BCUT2D eigenvalue weighted by atomic mass is 32.2. The van der Waals surface area contributed by atoms with E-state index in [1.807, 2.05) is 62.5 Å². The Kier molecular flexibility index (Phi) is 5.93. The zero-order valence-electron chi connectivity index (χ0n) is 18.5. The van der Waals surface area contributed by atoms with Crippen LogP contribution in [0.25, 0.3) is 17.0 Å². The third kappa shape index (κ3) is 4.08. The number of aryl methyl sites for hydroxylation is 2. The van der Waals surface area contributed by atoms with Crippen LogP contribution in [0.1, 0.15) is 36.6 Å². The van der Waals surface area contributed by atoms with Crippen molar-refractivity contribution in [3.05, 3.63) is 70.3 Å². The van der Waals surface area contributed by atoms with Gasteiger partial charge in [-0.1, -0.05) is 36.4 Å². The fraction of sp³-hybridized carbons (Fsp3) is 0.240. The molecular formula is C25H25N3O3S. The Bertz CT molecular complexity index is 1250. The summed E-state index contributed by atoms with van der Waals surface area (Å²) in [6.07, 6.45) is 3.74. The van der Waals surface area contributed by atoms with Crippen molar-refractivity contribution in [1.82, 2.24) is 9.47 Å². The Labute approximate surface area is 191 Å². The van der Waals surface area contributed by atoms with Gasteiger partial charge in [0.1, 0.15) is 6.54 Å². The topological polar surface area (TPSA) is 71.4 Å². The van der Waals surface area contributed by atoms with Crippen molar-refractivity contribution in [2.24, 2.45) is 0 Å². The van der Waals surface area contributed by atoms with Crippen LogP contribution in [0.15, 0.2) is 53.6 Å². The number of nitrogens with zero attached hydrogens (tertiary/aromatic N) is 2. The van der Waals surface area contributed by atoms with Crippen molar-refractivity contribution in [2.75, 3.05) is 11.9 Å². The van der Waals surface area contributed by atoms with E-state index in [0.717, 1.165) is 44.3 Å². The highest BCUT2D eigenvalue weighted by Gasteiger charge is 2.36. The number of carbonyl (C=O) groups excluding carboxylic acids is 3. The number of hydrogen-bond acceptors (Lipinski definition) is 4. The first-order valence-electron chi connectivity index (χ1n) is 10.5. The van der Waals surface area contributed by atoms with Gasteiger partial charge in [0.15, 0.2) is 0 Å². The van der Waals surface area contributed by atoms with Crippen LogP contribution in [0.2, 0.25) is 0 Å². The molecule has 6 nitrogen and oxygen atoms in total. The molecule has 0 bridgehead atoms. The summed E-state index contributed by atoms with van der Waals surface area (Å²) in [6, 6.07) is 13.9. The van der Waals surface area contributed by atoms with Gasteiger partial charge in [-0.2, -0.15) is 0 Å². The van der Waals surface area contributed by atoms with E-state index in [-0.39, 0.29) is 12.6 Å². The van der Waals surface area contributed by atoms with Gasteiger partial charge in [-0.25, -0.2) is 0 Å². The van der Waals surface area contributed by atoms with E-state index in [1.54, 1.807) is 6.08 Å². The second-order valence-corrected chi connectivity index (χ2v) is 9.18. The maximum Gasteiger partial charge on any atom is 0.294 e. The van der Waals surface area contributed by atoms with Gasteiger partial charge in [0.2, 0.25) is 5.91 Å². The Balaban J connectivity index is 1.56. The number of benzene rings is 2. The lowest BCUT2D eigenvalue weighted by Crippen LogP contribution is -2.36. The number of rotatable bonds is 5. The average molecular weight is 448 g/mol. The lowest BCUT2D eigenvalue weighted by atomic mass is 10.1. The van der Waals surface area contributed by atoms with Crippen LogP contribution in [-0.2, 0) is 9.59 Å². The first-order chi connectivity index (χ1) is 15.3. The maximum absolute atomic E-state index is 12.9. The van der Waals surface area contributed by atoms with Crippen LogP contribution >= 0.6 is 11.8 Å². The van der Waals surface area contributed by atoms with Crippen molar-refractivity contribution in [2.45, 2.75) is 33.7 Å². The number of thioether (sulfide) groups is 1. The van der Waals surface area contributed by atoms with Gasteiger partial charge >= 0.3 is 0 Å². The zero-order chi connectivity index (χ0) is 23.0. The van der Waals surface area contributed by atoms with E-state index < -0.39 is 17.1 Å². The van der Waals surface area contributed by atoms with Crippen molar-refractivity contribution in [3.8, 4) is 0 Å². The quantitative estimate of drug-likeness (QED) is 0.523. The molecule has 1 fully saturated rings. The second-order valence-electron chi connectivity index (χ2n) is 8.19. The minimum absolute atomic E-state index is 0.255. The third-order valence-electron chi connectivity index (χ3n) is 5.54. The van der Waals surface area contributed by atoms with Crippen molar-refractivity contribution < 1.29 is 14.4 Å². The van der Waals surface area contributed by atoms with Crippen LogP contribution in [0.5, 0.6) is 0 Å². The number of carbonyl (C=O) groups is 3. The number of nitrogens with one attached hydrogen (secondary N) is 1. The summed E-state index contributed by atoms with van der Waals surface area (Å²) in [5.41, 5.74) is 4.50. The Morgan fingerprint density at radius 3 is 2.44 bits per heavy atom. The van der Waals surface area contributed by atoms with Gasteiger partial charge in [-0.05, 0) is 62.7 Å². The lowest BCUT2D eigenvalue weighted by Gasteiger charge is -2.15. The van der Waals surface area contributed by atoms with Crippen LogP contribution in [0.3, 0.4) is 0 Å². The summed E-state index contributed by atoms with van der Waals surface area (Å²) in [4.78, 5) is 39.4. The Morgan fingerprint density at radius 1 is 1.06 bits per heavy atom. The van der Waals surface area contributed by atoms with Crippen LogP contribution < -0.4 is 5.32 Å². The molecule has 32 heavy (non-hydrogen) atoms. The highest BCUT2D eigenvalue weighted by molar-refractivity contribution is 8.18. The van der Waals surface area contributed by atoms with Crippen molar-refractivity contribution >= 4 is 51.5 Å². The number of amides is 3. The fourth-order valence-electron chi connectivity index (χ4n) is 3.89. The molecule has 7 heteroatoms. The Hall–Kier alpha value is -3.32. The molecule has 0 spiro atoms. The normalized spacial score (nSPS) is 15.4. The number of aromatic nitrogens is 1. The van der Waals surface area contributed by atoms with Crippen LogP contribution in [-0.4, -0.2) is 33.1 Å². The second kappa shape index (κ2) is 8.67. The minimum Gasteiger partial charge on any atom is -0.344 e. The van der Waals surface area contributed by atoms with E-state index in [9.17, 15) is 14.4 Å². The molecule has 0 saturated carbocycles. The highest BCUT2D eigenvalue weighted by Crippen LogP contribution is 2.34. The summed E-state index contributed by atoms with van der Waals surface area (Å²) in [5.74, 6) is -0.847. The van der Waals surface area contributed by atoms with Crippen molar-refractivity contribution in [3.63, 3.8) is 0 Å². The van der Waals surface area contributed by atoms with Gasteiger partial charge in [0, 0.05) is 34.4 Å². The van der Waals surface area contributed by atoms with Crippen LogP contribution in [0.4, 0.5) is 10.5 Å². The zero-order valence-corrected chi connectivity index (χ0v) is 19.3. The van der Waals surface area contributed by atoms with Gasteiger partial charge in [-0.15, -0.1) is 0 Å². The van der Waals surface area contributed by atoms with Gasteiger partial charge in [-0.3, -0.25) is 19.3 Å². The third-order valence-corrected chi connectivity index (χ3v) is 6.44. The molecule has 0 unspecified atom stereocenters. The minimum atomic E-state index is -0.446. The van der Waals surface area contributed by atoms with Gasteiger partial charge in [0.25, 0.3) is 11.1 Å². The summed E-state index contributed by atoms with van der Waals surface area (Å²) in [5, 5.41) is 3.41. The lowest BCUT2D eigenvalue weighted by molar-refractivity contribution is -0.127. The molecule has 0 radical (unpaired) electrons. The van der Waals surface area contributed by atoms with Gasteiger partial charge < -0.3 is 9.88 Å². The molecule has 1 saturated heterocycles. The largest absolute Gasteiger partial charge is 0.344 e. The van der Waals surface area contributed by atoms with Crippen molar-refractivity contribution in [1.29, 1.82) is 0 Å². The SMILES string of the molecule is Cc1cccc(C)c1NC(=O)CN1C(=O)S/C(=C/c2cn(C(C)C)c3ccccc23)C1=O. The monoisotopic (exact) mass is 447 g/mol. The fourth-order valence-corrected chi connectivity index (χ4v) is 4.71. The number of hydrogen-bond donors (Lipinski definition) is 1. The first-order valence-corrected chi connectivity index (χ1v) is 11.3. The molecule has 3 aromatic rings. The molecule has 0 aliphatic carbocycles. The standard InChI is InChI=1S/C25H25N3O3S/c1-15(2)27-13-18(19-10-5-6-11-20(19)27)12-21-24(30)28(25(31)32-21)14-22(29)26-23-16(3)8-7-9-17(23)4/h5-13,15H,14H2,1-4H3,(H,26,29)/b21-12+. The Morgan fingerprint density at radius 2 is 1.75 bits per heavy atom. The maximum atomic E-state index is 12.9. The molecule has 3 amide bonds. The molecule has 2 aromatic carbocycles. The average Bonchev–Trinajstić information content (AvgIpc) is 3.24. The molecule has 1 N–H and O–H groups in total. The summed E-state index contributed by atoms with van der Waals surface area (Å²) >= 11 is 0.867. The smallest absolute Gasteiger partial charge is 0.294 e. The summed E-state index contributed by atoms with van der Waals surface area (Å²) in [6.45, 7) is 7.68.